The Balaban J connectivity index is 2.75. The topological polar surface area (TPSA) is 78.3 Å². The van der Waals surface area contributed by atoms with E-state index in [-0.39, 0.29) is 5.95 Å². The van der Waals surface area contributed by atoms with Gasteiger partial charge in [0.2, 0.25) is 11.8 Å². The molecular formula is C6H7N5O. The molecule has 12 heavy (non-hydrogen) atoms. The van der Waals surface area contributed by atoms with Gasteiger partial charge < -0.3 is 10.5 Å². The molecule has 2 heterocycles. The standard InChI is InChI=1S/C6H7N5O/c1-12-5-2-4-8-3-9-11(4)6(7)10-5/h2-3H,1H3,(H2,7,10). The summed E-state index contributed by atoms with van der Waals surface area (Å²) in [5.41, 5.74) is 6.17. The number of ether oxygens (including phenoxy) is 1. The fraction of sp³-hybridized carbons (Fsp3) is 0.167. The molecule has 0 fully saturated rings. The van der Waals surface area contributed by atoms with Gasteiger partial charge in [-0.25, -0.2) is 4.98 Å². The molecule has 2 aromatic rings. The number of nitrogens with zero attached hydrogens (tertiary/aromatic N) is 4. The van der Waals surface area contributed by atoms with Crippen LogP contribution in [0, 0.1) is 0 Å². The number of anilines is 1. The molecule has 0 atom stereocenters. The molecule has 0 bridgehead atoms. The second kappa shape index (κ2) is 2.33. The van der Waals surface area contributed by atoms with Gasteiger partial charge in [-0.1, -0.05) is 0 Å². The van der Waals surface area contributed by atoms with Gasteiger partial charge in [0, 0.05) is 6.07 Å². The van der Waals surface area contributed by atoms with E-state index in [4.69, 9.17) is 10.5 Å². The second-order valence-corrected chi connectivity index (χ2v) is 2.19. The van der Waals surface area contributed by atoms with E-state index >= 15 is 0 Å². The molecule has 2 aromatic heterocycles. The van der Waals surface area contributed by atoms with Gasteiger partial charge >= 0.3 is 0 Å². The SMILES string of the molecule is COc1cc2ncnn2c(N)n1. The van der Waals surface area contributed by atoms with Crippen molar-refractivity contribution in [2.24, 2.45) is 0 Å². The summed E-state index contributed by atoms with van der Waals surface area (Å²) < 4.78 is 6.33. The van der Waals surface area contributed by atoms with Crippen LogP contribution in [0.2, 0.25) is 0 Å². The first kappa shape index (κ1) is 6.84. The van der Waals surface area contributed by atoms with Crippen molar-refractivity contribution >= 4 is 11.6 Å². The lowest BCUT2D eigenvalue weighted by Crippen LogP contribution is -2.02. The molecule has 0 amide bonds. The Morgan fingerprint density at radius 2 is 2.42 bits per heavy atom. The van der Waals surface area contributed by atoms with E-state index in [0.29, 0.717) is 11.5 Å². The average Bonchev–Trinajstić information content (AvgIpc) is 2.52. The molecule has 2 N–H and O–H groups in total. The smallest absolute Gasteiger partial charge is 0.226 e. The summed E-state index contributed by atoms with van der Waals surface area (Å²) in [4.78, 5) is 7.85. The summed E-state index contributed by atoms with van der Waals surface area (Å²) >= 11 is 0. The number of nitrogen functional groups attached to an aromatic ring is 1. The van der Waals surface area contributed by atoms with Gasteiger partial charge in [0.05, 0.1) is 7.11 Å². The van der Waals surface area contributed by atoms with Gasteiger partial charge in [0.1, 0.15) is 6.33 Å². The quantitative estimate of drug-likeness (QED) is 0.628. The fourth-order valence-electron chi connectivity index (χ4n) is 0.933. The van der Waals surface area contributed by atoms with Gasteiger partial charge in [0.25, 0.3) is 0 Å². The molecular weight excluding hydrogens is 158 g/mol. The number of nitrogens with two attached hydrogens (primary N) is 1. The Hall–Kier alpha value is -1.85. The lowest BCUT2D eigenvalue weighted by molar-refractivity contribution is 0.397. The molecule has 0 radical (unpaired) electrons. The third-order valence-corrected chi connectivity index (χ3v) is 1.48. The number of methoxy groups -OCH3 is 1. The van der Waals surface area contributed by atoms with Crippen molar-refractivity contribution in [1.82, 2.24) is 19.6 Å². The Morgan fingerprint density at radius 1 is 1.58 bits per heavy atom. The Labute approximate surface area is 68.0 Å². The number of rotatable bonds is 1. The second-order valence-electron chi connectivity index (χ2n) is 2.19. The minimum atomic E-state index is 0.266. The molecule has 0 aliphatic rings. The van der Waals surface area contributed by atoms with Gasteiger partial charge in [-0.15, -0.1) is 0 Å². The fourth-order valence-corrected chi connectivity index (χ4v) is 0.933. The summed E-state index contributed by atoms with van der Waals surface area (Å²) in [7, 11) is 1.52. The van der Waals surface area contributed by atoms with E-state index in [1.54, 1.807) is 6.07 Å². The summed E-state index contributed by atoms with van der Waals surface area (Å²) in [5, 5.41) is 3.86. The van der Waals surface area contributed by atoms with Crippen LogP contribution in [-0.2, 0) is 0 Å². The van der Waals surface area contributed by atoms with Crippen LogP contribution in [-0.4, -0.2) is 26.7 Å². The molecule has 0 unspecified atom stereocenters. The van der Waals surface area contributed by atoms with Gasteiger partial charge in [-0.2, -0.15) is 14.6 Å². The van der Waals surface area contributed by atoms with Crippen molar-refractivity contribution in [3.63, 3.8) is 0 Å². The van der Waals surface area contributed by atoms with Crippen LogP contribution in [0.25, 0.3) is 5.65 Å². The summed E-state index contributed by atoms with van der Waals surface area (Å²) in [6, 6.07) is 1.66. The van der Waals surface area contributed by atoms with E-state index in [9.17, 15) is 0 Å². The highest BCUT2D eigenvalue weighted by atomic mass is 16.5. The molecule has 0 saturated carbocycles. The van der Waals surface area contributed by atoms with Crippen LogP contribution in [0.1, 0.15) is 0 Å². The molecule has 0 saturated heterocycles. The lowest BCUT2D eigenvalue weighted by Gasteiger charge is -2.00. The highest BCUT2D eigenvalue weighted by Gasteiger charge is 2.03. The molecule has 0 aliphatic heterocycles. The molecule has 0 aromatic carbocycles. The normalized spacial score (nSPS) is 10.4. The van der Waals surface area contributed by atoms with E-state index in [1.165, 1.54) is 18.0 Å². The predicted octanol–water partition coefficient (Wildman–Crippen LogP) is -0.285. The monoisotopic (exact) mass is 165 g/mol. The van der Waals surface area contributed by atoms with Crippen LogP contribution in [0.5, 0.6) is 5.88 Å². The maximum atomic E-state index is 5.55. The highest BCUT2D eigenvalue weighted by Crippen LogP contribution is 2.11. The van der Waals surface area contributed by atoms with Crippen molar-refractivity contribution in [3.8, 4) is 5.88 Å². The minimum absolute atomic E-state index is 0.266. The van der Waals surface area contributed by atoms with Crippen LogP contribution in [0.15, 0.2) is 12.4 Å². The number of fused-ring (bicyclic) bond motifs is 1. The van der Waals surface area contributed by atoms with E-state index in [0.717, 1.165) is 0 Å². The number of hydrogen-bond donors (Lipinski definition) is 1. The first-order chi connectivity index (χ1) is 5.81. The Morgan fingerprint density at radius 3 is 3.17 bits per heavy atom. The third-order valence-electron chi connectivity index (χ3n) is 1.48. The summed E-state index contributed by atoms with van der Waals surface area (Å²) in [6.07, 6.45) is 1.41. The maximum Gasteiger partial charge on any atom is 0.226 e. The highest BCUT2D eigenvalue weighted by molar-refractivity contribution is 5.45. The first-order valence-corrected chi connectivity index (χ1v) is 3.31. The maximum absolute atomic E-state index is 5.55. The molecule has 0 aliphatic carbocycles. The zero-order chi connectivity index (χ0) is 8.55. The largest absolute Gasteiger partial charge is 0.481 e. The summed E-state index contributed by atoms with van der Waals surface area (Å²) in [5.74, 6) is 0.704. The van der Waals surface area contributed by atoms with Crippen LogP contribution in [0.3, 0.4) is 0 Å². The molecule has 6 heteroatoms. The van der Waals surface area contributed by atoms with E-state index in [1.807, 2.05) is 0 Å². The van der Waals surface area contributed by atoms with Gasteiger partial charge in [-0.05, 0) is 0 Å². The number of aromatic nitrogens is 4. The average molecular weight is 165 g/mol. The minimum Gasteiger partial charge on any atom is -0.481 e. The number of hydrogen-bond acceptors (Lipinski definition) is 5. The zero-order valence-corrected chi connectivity index (χ0v) is 6.43. The van der Waals surface area contributed by atoms with Crippen molar-refractivity contribution in [1.29, 1.82) is 0 Å². The van der Waals surface area contributed by atoms with E-state index < -0.39 is 0 Å². The first-order valence-electron chi connectivity index (χ1n) is 3.31. The van der Waals surface area contributed by atoms with Gasteiger partial charge in [0.15, 0.2) is 5.65 Å². The van der Waals surface area contributed by atoms with Crippen molar-refractivity contribution in [2.75, 3.05) is 12.8 Å². The molecule has 0 spiro atoms. The van der Waals surface area contributed by atoms with Gasteiger partial charge in [-0.3, -0.25) is 0 Å². The molecule has 62 valence electrons. The van der Waals surface area contributed by atoms with Crippen LogP contribution < -0.4 is 10.5 Å². The van der Waals surface area contributed by atoms with Crippen LogP contribution in [0.4, 0.5) is 5.95 Å². The lowest BCUT2D eigenvalue weighted by atomic mass is 10.6. The zero-order valence-electron chi connectivity index (χ0n) is 6.43. The van der Waals surface area contributed by atoms with E-state index in [2.05, 4.69) is 15.1 Å². The van der Waals surface area contributed by atoms with Crippen molar-refractivity contribution in [2.45, 2.75) is 0 Å². The van der Waals surface area contributed by atoms with Crippen molar-refractivity contribution < 1.29 is 4.74 Å². The predicted molar refractivity (Wildman–Crippen MR) is 41.7 cm³/mol. The Kier molecular flexibility index (Phi) is 1.33. The third kappa shape index (κ3) is 0.849. The Bertz CT molecular complexity index is 409. The molecule has 2 rings (SSSR count). The summed E-state index contributed by atoms with van der Waals surface area (Å²) in [6.45, 7) is 0. The van der Waals surface area contributed by atoms with Crippen LogP contribution >= 0.6 is 0 Å². The van der Waals surface area contributed by atoms with Crippen molar-refractivity contribution in [3.05, 3.63) is 12.4 Å². The molecule has 6 nitrogen and oxygen atoms in total.